The lowest BCUT2D eigenvalue weighted by atomic mass is 9.87. The molecule has 0 aliphatic rings. The number of benzene rings is 2. The number of ether oxygens (including phenoxy) is 1. The summed E-state index contributed by atoms with van der Waals surface area (Å²) in [4.78, 5) is 26.1. The molecule has 0 aromatic heterocycles. The molecule has 31 heavy (non-hydrogen) atoms. The molecule has 0 aliphatic carbocycles. The Labute approximate surface area is 186 Å². The van der Waals surface area contributed by atoms with Gasteiger partial charge in [-0.05, 0) is 68.0 Å². The zero-order valence-corrected chi connectivity index (χ0v) is 19.7. The zero-order chi connectivity index (χ0) is 23.0. The Morgan fingerprint density at radius 2 is 1.71 bits per heavy atom. The first-order valence-electron chi connectivity index (χ1n) is 10.9. The van der Waals surface area contributed by atoms with E-state index in [0.717, 1.165) is 35.4 Å². The summed E-state index contributed by atoms with van der Waals surface area (Å²) in [6.45, 7) is 8.59. The van der Waals surface area contributed by atoms with Crippen molar-refractivity contribution in [1.82, 2.24) is 4.90 Å². The molecule has 0 unspecified atom stereocenters. The van der Waals surface area contributed by atoms with Crippen LogP contribution in [0.15, 0.2) is 42.5 Å². The second-order valence-electron chi connectivity index (χ2n) is 9.04. The molecular formula is C26H36N2O3. The highest BCUT2D eigenvalue weighted by Gasteiger charge is 2.27. The van der Waals surface area contributed by atoms with Crippen molar-refractivity contribution in [3.63, 3.8) is 0 Å². The molecular weight excluding hydrogens is 388 g/mol. The summed E-state index contributed by atoms with van der Waals surface area (Å²) < 4.78 is 5.92. The average Bonchev–Trinajstić information content (AvgIpc) is 2.72. The molecule has 2 rings (SSSR count). The molecule has 0 atom stereocenters. The molecule has 2 aromatic carbocycles. The minimum Gasteiger partial charge on any atom is -0.493 e. The number of hydrogen-bond acceptors (Lipinski definition) is 3. The topological polar surface area (TPSA) is 58.6 Å². The number of nitrogens with one attached hydrogen (secondary N) is 1. The molecule has 0 fully saturated rings. The van der Waals surface area contributed by atoms with Gasteiger partial charge in [0.2, 0.25) is 11.8 Å². The number of carbonyl (C=O) groups excluding carboxylic acids is 2. The van der Waals surface area contributed by atoms with Crippen LogP contribution in [0.25, 0.3) is 0 Å². The Hall–Kier alpha value is -2.82. The number of amides is 2. The number of aryl methyl sites for hydroxylation is 3. The maximum Gasteiger partial charge on any atom is 0.230 e. The molecule has 0 spiro atoms. The van der Waals surface area contributed by atoms with Crippen molar-refractivity contribution in [1.29, 1.82) is 0 Å². The van der Waals surface area contributed by atoms with Crippen molar-refractivity contribution in [2.45, 2.75) is 53.4 Å². The lowest BCUT2D eigenvalue weighted by molar-refractivity contribution is -0.128. The summed E-state index contributed by atoms with van der Waals surface area (Å²) in [7, 11) is 3.52. The molecule has 5 nitrogen and oxygen atoms in total. The zero-order valence-electron chi connectivity index (χ0n) is 19.7. The first-order valence-corrected chi connectivity index (χ1v) is 10.9. The van der Waals surface area contributed by atoms with Crippen LogP contribution in [-0.2, 0) is 16.0 Å². The van der Waals surface area contributed by atoms with Crippen LogP contribution in [0.2, 0.25) is 0 Å². The number of nitrogens with zero attached hydrogens (tertiary/aromatic N) is 1. The second-order valence-corrected chi connectivity index (χ2v) is 9.04. The monoisotopic (exact) mass is 424 g/mol. The maximum atomic E-state index is 12.8. The van der Waals surface area contributed by atoms with Gasteiger partial charge in [-0.25, -0.2) is 0 Å². The number of carbonyl (C=O) groups is 2. The van der Waals surface area contributed by atoms with Crippen molar-refractivity contribution >= 4 is 17.5 Å². The van der Waals surface area contributed by atoms with E-state index >= 15 is 0 Å². The van der Waals surface area contributed by atoms with Gasteiger partial charge in [-0.3, -0.25) is 9.59 Å². The minimum absolute atomic E-state index is 0.00484. The highest BCUT2D eigenvalue weighted by molar-refractivity contribution is 5.94. The minimum atomic E-state index is -0.498. The lowest BCUT2D eigenvalue weighted by Crippen LogP contribution is -2.31. The Balaban J connectivity index is 1.80. The standard InChI is InChI=1S/C26H36N2O3/c1-19-8-9-20(2)23(18-19)31-17-7-16-26(3,4)25(30)27-22-13-10-21(11-14-22)12-15-24(29)28(5)6/h8-11,13-14,18H,7,12,15-17H2,1-6H3,(H,27,30). The van der Waals surface area contributed by atoms with Gasteiger partial charge in [0.1, 0.15) is 5.75 Å². The maximum absolute atomic E-state index is 12.8. The molecule has 168 valence electrons. The summed E-state index contributed by atoms with van der Waals surface area (Å²) in [5.74, 6) is 1.02. The number of hydrogen-bond donors (Lipinski definition) is 1. The van der Waals surface area contributed by atoms with E-state index in [0.29, 0.717) is 19.4 Å². The van der Waals surface area contributed by atoms with Gasteiger partial charge in [-0.1, -0.05) is 38.1 Å². The van der Waals surface area contributed by atoms with E-state index < -0.39 is 5.41 Å². The van der Waals surface area contributed by atoms with Crippen molar-refractivity contribution < 1.29 is 14.3 Å². The normalized spacial score (nSPS) is 11.2. The summed E-state index contributed by atoms with van der Waals surface area (Å²) in [5, 5.41) is 3.01. The molecule has 0 aliphatic heterocycles. The van der Waals surface area contributed by atoms with Gasteiger partial charge in [-0.2, -0.15) is 0 Å². The third kappa shape index (κ3) is 7.74. The van der Waals surface area contributed by atoms with E-state index in [-0.39, 0.29) is 11.8 Å². The Bertz CT molecular complexity index is 886. The van der Waals surface area contributed by atoms with Gasteiger partial charge < -0.3 is 15.0 Å². The predicted molar refractivity (Wildman–Crippen MR) is 127 cm³/mol. The average molecular weight is 425 g/mol. The summed E-state index contributed by atoms with van der Waals surface area (Å²) in [6.07, 6.45) is 2.70. The van der Waals surface area contributed by atoms with Crippen molar-refractivity contribution in [3.05, 3.63) is 59.2 Å². The van der Waals surface area contributed by atoms with Crippen LogP contribution in [-0.4, -0.2) is 37.4 Å². The fraction of sp³-hybridized carbons (Fsp3) is 0.462. The van der Waals surface area contributed by atoms with E-state index in [9.17, 15) is 9.59 Å². The summed E-state index contributed by atoms with van der Waals surface area (Å²) in [6, 6.07) is 13.9. The molecule has 0 saturated carbocycles. The molecule has 0 heterocycles. The fourth-order valence-electron chi connectivity index (χ4n) is 3.20. The summed E-state index contributed by atoms with van der Waals surface area (Å²) >= 11 is 0. The van der Waals surface area contributed by atoms with E-state index in [4.69, 9.17) is 4.74 Å². The quantitative estimate of drug-likeness (QED) is 0.537. The van der Waals surface area contributed by atoms with Crippen LogP contribution in [0, 0.1) is 19.3 Å². The fourth-order valence-corrected chi connectivity index (χ4v) is 3.20. The Morgan fingerprint density at radius 1 is 1.03 bits per heavy atom. The molecule has 0 radical (unpaired) electrons. The van der Waals surface area contributed by atoms with Crippen molar-refractivity contribution in [2.24, 2.45) is 5.41 Å². The predicted octanol–water partition coefficient (Wildman–Crippen LogP) is 5.15. The van der Waals surface area contributed by atoms with Crippen LogP contribution in [0.4, 0.5) is 5.69 Å². The van der Waals surface area contributed by atoms with E-state index in [2.05, 4.69) is 24.4 Å². The third-order valence-electron chi connectivity index (χ3n) is 5.50. The van der Waals surface area contributed by atoms with Gasteiger partial charge in [0.25, 0.3) is 0 Å². The lowest BCUT2D eigenvalue weighted by Gasteiger charge is -2.24. The molecule has 1 N–H and O–H groups in total. The van der Waals surface area contributed by atoms with Gasteiger partial charge >= 0.3 is 0 Å². The van der Waals surface area contributed by atoms with E-state index in [1.54, 1.807) is 19.0 Å². The van der Waals surface area contributed by atoms with Crippen molar-refractivity contribution in [3.8, 4) is 5.75 Å². The highest BCUT2D eigenvalue weighted by atomic mass is 16.5. The van der Waals surface area contributed by atoms with Crippen LogP contribution in [0.5, 0.6) is 5.75 Å². The molecule has 0 bridgehead atoms. The summed E-state index contributed by atoms with van der Waals surface area (Å²) in [5.41, 5.74) is 3.65. The van der Waals surface area contributed by atoms with E-state index in [1.807, 2.05) is 51.1 Å². The van der Waals surface area contributed by atoms with E-state index in [1.165, 1.54) is 5.56 Å². The van der Waals surface area contributed by atoms with Crippen molar-refractivity contribution in [2.75, 3.05) is 26.0 Å². The molecule has 2 aromatic rings. The van der Waals surface area contributed by atoms with Gasteiger partial charge in [-0.15, -0.1) is 0 Å². The van der Waals surface area contributed by atoms with Crippen LogP contribution >= 0.6 is 0 Å². The van der Waals surface area contributed by atoms with Crippen LogP contribution in [0.3, 0.4) is 0 Å². The van der Waals surface area contributed by atoms with Gasteiger partial charge in [0.05, 0.1) is 6.61 Å². The van der Waals surface area contributed by atoms with Gasteiger partial charge in [0, 0.05) is 31.6 Å². The van der Waals surface area contributed by atoms with Crippen LogP contribution in [0.1, 0.15) is 49.8 Å². The highest BCUT2D eigenvalue weighted by Crippen LogP contribution is 2.26. The number of anilines is 1. The van der Waals surface area contributed by atoms with Gasteiger partial charge in [0.15, 0.2) is 0 Å². The Kier molecular flexibility index (Phi) is 8.66. The largest absolute Gasteiger partial charge is 0.493 e. The SMILES string of the molecule is Cc1ccc(C)c(OCCCC(C)(C)C(=O)Nc2ccc(CCC(=O)N(C)C)cc2)c1. The third-order valence-corrected chi connectivity index (χ3v) is 5.50. The smallest absolute Gasteiger partial charge is 0.230 e. The molecule has 0 saturated heterocycles. The second kappa shape index (κ2) is 11.0. The molecule has 2 amide bonds. The first-order chi connectivity index (χ1) is 14.6. The number of rotatable bonds is 10. The first kappa shape index (κ1) is 24.4. The Morgan fingerprint density at radius 3 is 2.35 bits per heavy atom. The molecule has 5 heteroatoms. The van der Waals surface area contributed by atoms with Crippen LogP contribution < -0.4 is 10.1 Å².